The lowest BCUT2D eigenvalue weighted by atomic mass is 9.76. The van der Waals surface area contributed by atoms with Gasteiger partial charge in [0.25, 0.3) is 0 Å². The Balaban J connectivity index is 1.35. The van der Waals surface area contributed by atoms with Gasteiger partial charge in [-0.2, -0.15) is 10.4 Å². The smallest absolute Gasteiger partial charge is 0.154 e. The van der Waals surface area contributed by atoms with E-state index in [4.69, 9.17) is 9.97 Å². The fourth-order valence-electron chi connectivity index (χ4n) is 5.10. The summed E-state index contributed by atoms with van der Waals surface area (Å²) in [5, 5.41) is 25.2. The Bertz CT molecular complexity index is 1560. The molecule has 2 aliphatic carbocycles. The van der Waals surface area contributed by atoms with Gasteiger partial charge < -0.3 is 9.66 Å². The van der Waals surface area contributed by atoms with Crippen LogP contribution < -0.4 is 4.72 Å². The summed E-state index contributed by atoms with van der Waals surface area (Å²) in [5.41, 5.74) is 3.78. The largest absolute Gasteiger partial charge is 0.598 e. The van der Waals surface area contributed by atoms with Crippen molar-refractivity contribution in [2.75, 3.05) is 0 Å². The molecule has 0 radical (unpaired) electrons. The SMILES string of the molecule is CC(C)(C)[S@@+]([O-])NC(c1cccc(-c2ccc3cnn(-c4cccc(C5(C#N)CC5)n4)c3c2)n1)C1CC(O)C1. The second-order valence-electron chi connectivity index (χ2n) is 11.7. The molecule has 8 nitrogen and oxygen atoms in total. The van der Waals surface area contributed by atoms with Gasteiger partial charge >= 0.3 is 0 Å². The minimum atomic E-state index is -1.27. The van der Waals surface area contributed by atoms with Gasteiger partial charge in [-0.1, -0.05) is 24.3 Å². The Morgan fingerprint density at radius 2 is 1.90 bits per heavy atom. The summed E-state index contributed by atoms with van der Waals surface area (Å²) in [7, 11) is 0. The van der Waals surface area contributed by atoms with Crippen molar-refractivity contribution in [2.24, 2.45) is 5.92 Å². The number of aliphatic hydroxyl groups excluding tert-OH is 1. The van der Waals surface area contributed by atoms with Crippen LogP contribution in [0.3, 0.4) is 0 Å². The molecule has 2 aliphatic rings. The molecule has 39 heavy (non-hydrogen) atoms. The summed E-state index contributed by atoms with van der Waals surface area (Å²) in [6.45, 7) is 5.83. The molecule has 6 rings (SSSR count). The number of rotatable bonds is 7. The Morgan fingerprint density at radius 3 is 2.59 bits per heavy atom. The number of fused-ring (bicyclic) bond motifs is 1. The third kappa shape index (κ3) is 4.94. The monoisotopic (exact) mass is 540 g/mol. The highest BCUT2D eigenvalue weighted by Gasteiger charge is 2.46. The standard InChI is InChI=1S/C30H32N6O2S/c1-29(2,3)39(38)35-28(21-14-22(37)15-21)24-7-4-6-23(33-24)19-10-11-20-17-32-36(25(20)16-19)27-9-5-8-26(34-27)30(18-31)12-13-30/h4-11,16-17,21-22,28,35,37H,12-15H2,1-3H3/t21?,22?,28?,39-/m1/s1. The zero-order chi connectivity index (χ0) is 27.4. The van der Waals surface area contributed by atoms with Crippen molar-refractivity contribution in [3.63, 3.8) is 0 Å². The molecule has 3 heterocycles. The Hall–Kier alpha value is -3.29. The molecule has 2 fully saturated rings. The third-order valence-corrected chi connectivity index (χ3v) is 9.35. The molecule has 200 valence electrons. The highest BCUT2D eigenvalue weighted by molar-refractivity contribution is 7.90. The average molecular weight is 541 g/mol. The van der Waals surface area contributed by atoms with Gasteiger partial charge in [0.15, 0.2) is 5.82 Å². The molecule has 2 saturated carbocycles. The molecular weight excluding hydrogens is 508 g/mol. The number of hydrogen-bond donors (Lipinski definition) is 2. The fourth-order valence-corrected chi connectivity index (χ4v) is 5.99. The molecule has 0 bridgehead atoms. The third-order valence-electron chi connectivity index (χ3n) is 7.77. The summed E-state index contributed by atoms with van der Waals surface area (Å²) >= 11 is -1.27. The van der Waals surface area contributed by atoms with Crippen LogP contribution >= 0.6 is 0 Å². The average Bonchev–Trinajstić information content (AvgIpc) is 3.61. The first-order valence-corrected chi connectivity index (χ1v) is 14.5. The van der Waals surface area contributed by atoms with Crippen molar-refractivity contribution < 1.29 is 9.66 Å². The van der Waals surface area contributed by atoms with Crippen molar-refractivity contribution in [3.8, 4) is 23.1 Å². The van der Waals surface area contributed by atoms with Crippen LogP contribution in [0.2, 0.25) is 0 Å². The van der Waals surface area contributed by atoms with Crippen LogP contribution in [0.4, 0.5) is 0 Å². The van der Waals surface area contributed by atoms with E-state index in [1.54, 1.807) is 0 Å². The van der Waals surface area contributed by atoms with Crippen LogP contribution in [0.25, 0.3) is 28.0 Å². The Morgan fingerprint density at radius 1 is 1.13 bits per heavy atom. The lowest BCUT2D eigenvalue weighted by molar-refractivity contribution is 0.0273. The maximum absolute atomic E-state index is 13.0. The number of benzene rings is 1. The van der Waals surface area contributed by atoms with Gasteiger partial charge in [0.05, 0.1) is 52.4 Å². The first-order chi connectivity index (χ1) is 18.7. The van der Waals surface area contributed by atoms with Crippen LogP contribution in [0.15, 0.2) is 60.8 Å². The molecule has 0 spiro atoms. The normalized spacial score (nSPS) is 21.6. The molecular formula is C30H32N6O2S. The summed E-state index contributed by atoms with van der Waals surface area (Å²) in [5.74, 6) is 0.847. The summed E-state index contributed by atoms with van der Waals surface area (Å²) in [6, 6.07) is 20.0. The zero-order valence-corrected chi connectivity index (χ0v) is 23.2. The van der Waals surface area contributed by atoms with E-state index in [0.29, 0.717) is 18.7 Å². The molecule has 0 saturated heterocycles. The number of nitrogens with one attached hydrogen (secondary N) is 1. The maximum atomic E-state index is 13.0. The molecule has 1 unspecified atom stereocenters. The number of nitriles is 1. The molecule has 3 aromatic heterocycles. The van der Waals surface area contributed by atoms with Crippen LogP contribution in [0.5, 0.6) is 0 Å². The van der Waals surface area contributed by atoms with Crippen LogP contribution in [-0.2, 0) is 16.8 Å². The molecule has 9 heteroatoms. The lowest BCUT2D eigenvalue weighted by Gasteiger charge is -2.38. The van der Waals surface area contributed by atoms with Gasteiger partial charge in [0.2, 0.25) is 0 Å². The van der Waals surface area contributed by atoms with Crippen molar-refractivity contribution >= 4 is 22.3 Å². The summed E-state index contributed by atoms with van der Waals surface area (Å²) in [4.78, 5) is 9.81. The number of pyridine rings is 2. The second-order valence-corrected chi connectivity index (χ2v) is 13.7. The minimum absolute atomic E-state index is 0.166. The topological polar surface area (TPSA) is 123 Å². The first kappa shape index (κ1) is 26.0. The summed E-state index contributed by atoms with van der Waals surface area (Å²) < 4.78 is 17.7. The van der Waals surface area contributed by atoms with Gasteiger partial charge in [-0.3, -0.25) is 4.98 Å². The maximum Gasteiger partial charge on any atom is 0.154 e. The van der Waals surface area contributed by atoms with Gasteiger partial charge in [-0.05, 0) is 82.7 Å². The van der Waals surface area contributed by atoms with Gasteiger partial charge in [0, 0.05) is 22.3 Å². The van der Waals surface area contributed by atoms with E-state index in [0.717, 1.165) is 46.4 Å². The fraction of sp³-hybridized carbons (Fsp3) is 0.400. The highest BCUT2D eigenvalue weighted by Crippen LogP contribution is 2.46. The highest BCUT2D eigenvalue weighted by atomic mass is 32.2. The van der Waals surface area contributed by atoms with E-state index >= 15 is 0 Å². The van der Waals surface area contributed by atoms with Gasteiger partial charge in [0.1, 0.15) is 4.75 Å². The Kier molecular flexibility index (Phi) is 6.47. The quantitative estimate of drug-likeness (QED) is 0.320. The summed E-state index contributed by atoms with van der Waals surface area (Å²) in [6.07, 6.45) is 4.50. The molecule has 0 amide bonds. The molecule has 4 aromatic rings. The predicted octanol–water partition coefficient (Wildman–Crippen LogP) is 4.90. The second kappa shape index (κ2) is 9.72. The number of hydrogen-bond acceptors (Lipinski definition) is 7. The van der Waals surface area contributed by atoms with Crippen LogP contribution in [0, 0.1) is 17.2 Å². The van der Waals surface area contributed by atoms with Crippen molar-refractivity contribution in [1.29, 1.82) is 5.26 Å². The minimum Gasteiger partial charge on any atom is -0.598 e. The van der Waals surface area contributed by atoms with Crippen molar-refractivity contribution in [2.45, 2.75) is 68.8 Å². The number of nitrogens with zero attached hydrogens (tertiary/aromatic N) is 5. The Labute approximate surface area is 231 Å². The molecule has 1 aromatic carbocycles. The molecule has 2 atom stereocenters. The zero-order valence-electron chi connectivity index (χ0n) is 22.3. The van der Waals surface area contributed by atoms with Crippen molar-refractivity contribution in [1.82, 2.24) is 24.5 Å². The van der Waals surface area contributed by atoms with E-state index in [2.05, 4.69) is 22.0 Å². The van der Waals surface area contributed by atoms with E-state index in [1.807, 2.05) is 80.2 Å². The molecule has 0 aliphatic heterocycles. The molecule has 2 N–H and O–H groups in total. The predicted molar refractivity (Wildman–Crippen MR) is 151 cm³/mol. The van der Waals surface area contributed by atoms with E-state index in [9.17, 15) is 14.9 Å². The van der Waals surface area contributed by atoms with E-state index in [-0.39, 0.29) is 18.1 Å². The van der Waals surface area contributed by atoms with Gasteiger partial charge in [-0.15, -0.1) is 4.72 Å². The van der Waals surface area contributed by atoms with Crippen LogP contribution in [0.1, 0.15) is 63.9 Å². The van der Waals surface area contributed by atoms with Crippen molar-refractivity contribution in [3.05, 3.63) is 72.2 Å². The number of aromatic nitrogens is 4. The van der Waals surface area contributed by atoms with E-state index in [1.165, 1.54) is 0 Å². The van der Waals surface area contributed by atoms with E-state index < -0.39 is 21.5 Å². The number of aliphatic hydroxyl groups is 1. The lowest BCUT2D eigenvalue weighted by Crippen LogP contribution is -2.46. The van der Waals surface area contributed by atoms with Gasteiger partial charge in [-0.25, -0.2) is 9.67 Å². The first-order valence-electron chi connectivity index (χ1n) is 13.4. The van der Waals surface area contributed by atoms with Crippen LogP contribution in [-0.4, -0.2) is 40.3 Å².